The van der Waals surface area contributed by atoms with Crippen LogP contribution >= 0.6 is 15.9 Å². The molecule has 0 aliphatic rings. The van der Waals surface area contributed by atoms with E-state index >= 15 is 0 Å². The number of nitrogens with one attached hydrogen (secondary N) is 1. The summed E-state index contributed by atoms with van der Waals surface area (Å²) in [6, 6.07) is 12.6. The summed E-state index contributed by atoms with van der Waals surface area (Å²) in [7, 11) is 0. The van der Waals surface area contributed by atoms with Crippen LogP contribution in [0, 0.1) is 11.6 Å². The Bertz CT molecular complexity index is 1020. The minimum atomic E-state index is -1.35. The zero-order chi connectivity index (χ0) is 19.6. The van der Waals surface area contributed by atoms with Crippen LogP contribution in [0.2, 0.25) is 0 Å². The lowest BCUT2D eigenvalue weighted by molar-refractivity contribution is -0.139. The first-order valence-corrected chi connectivity index (χ1v) is 8.81. The van der Waals surface area contributed by atoms with E-state index in [0.717, 1.165) is 33.4 Å². The Balaban J connectivity index is 1.91. The molecule has 0 fully saturated rings. The van der Waals surface area contributed by atoms with Crippen LogP contribution < -0.4 is 5.32 Å². The molecule has 138 valence electrons. The Morgan fingerprint density at radius 3 is 2.22 bits per heavy atom. The average Bonchev–Trinajstić information content (AvgIpc) is 2.63. The molecule has 0 heterocycles. The molecule has 0 saturated carbocycles. The highest BCUT2D eigenvalue weighted by Crippen LogP contribution is 2.27. The highest BCUT2D eigenvalue weighted by molar-refractivity contribution is 9.10. The van der Waals surface area contributed by atoms with Gasteiger partial charge in [-0.25, -0.2) is 13.6 Å². The van der Waals surface area contributed by atoms with Crippen molar-refractivity contribution in [2.75, 3.05) is 0 Å². The third-order valence-corrected chi connectivity index (χ3v) is 4.87. The molecule has 3 aromatic rings. The number of carboxylic acids is 1. The van der Waals surface area contributed by atoms with Gasteiger partial charge < -0.3 is 10.4 Å². The largest absolute Gasteiger partial charge is 0.480 e. The Morgan fingerprint density at radius 1 is 0.963 bits per heavy atom. The standard InChI is InChI=1S/C20H14BrF2NO3/c21-14-9-8-11(12-4-1-2-5-13(12)14)10-17(20(26)27)24-19(25)18-15(22)6-3-7-16(18)23/h1-9,17H,10H2,(H,24,25)(H,26,27). The molecule has 4 nitrogen and oxygen atoms in total. The van der Waals surface area contributed by atoms with Gasteiger partial charge in [0, 0.05) is 10.9 Å². The van der Waals surface area contributed by atoms with Crippen LogP contribution in [0.25, 0.3) is 10.8 Å². The van der Waals surface area contributed by atoms with Gasteiger partial charge in [0.05, 0.1) is 0 Å². The van der Waals surface area contributed by atoms with E-state index in [4.69, 9.17) is 0 Å². The summed E-state index contributed by atoms with van der Waals surface area (Å²) in [6.07, 6.45) is -0.0368. The molecular formula is C20H14BrF2NO3. The van der Waals surface area contributed by atoms with E-state index in [-0.39, 0.29) is 6.42 Å². The number of amides is 1. The van der Waals surface area contributed by atoms with Crippen LogP contribution in [0.1, 0.15) is 15.9 Å². The summed E-state index contributed by atoms with van der Waals surface area (Å²) in [6.45, 7) is 0. The van der Waals surface area contributed by atoms with Gasteiger partial charge in [-0.3, -0.25) is 4.79 Å². The Kier molecular flexibility index (Phi) is 5.51. The molecule has 2 N–H and O–H groups in total. The van der Waals surface area contributed by atoms with Gasteiger partial charge in [-0.05, 0) is 34.5 Å². The number of carbonyl (C=O) groups excluding carboxylic acids is 1. The number of carbonyl (C=O) groups is 2. The summed E-state index contributed by atoms with van der Waals surface area (Å²) in [5, 5.41) is 13.4. The van der Waals surface area contributed by atoms with Gasteiger partial charge in [0.1, 0.15) is 23.2 Å². The summed E-state index contributed by atoms with van der Waals surface area (Å²) in [4.78, 5) is 23.9. The van der Waals surface area contributed by atoms with Crippen molar-refractivity contribution in [2.45, 2.75) is 12.5 Å². The minimum absolute atomic E-state index is 0.0368. The number of hydrogen-bond donors (Lipinski definition) is 2. The van der Waals surface area contributed by atoms with Crippen LogP contribution in [-0.2, 0) is 11.2 Å². The molecule has 1 unspecified atom stereocenters. The molecule has 3 aromatic carbocycles. The molecule has 1 amide bonds. The van der Waals surface area contributed by atoms with Crippen molar-refractivity contribution in [3.8, 4) is 0 Å². The van der Waals surface area contributed by atoms with Crippen molar-refractivity contribution < 1.29 is 23.5 Å². The number of carboxylic acid groups (broad SMARTS) is 1. The quantitative estimate of drug-likeness (QED) is 0.629. The van der Waals surface area contributed by atoms with Gasteiger partial charge in [-0.2, -0.15) is 0 Å². The van der Waals surface area contributed by atoms with Crippen LogP contribution in [0.5, 0.6) is 0 Å². The fraction of sp³-hybridized carbons (Fsp3) is 0.100. The lowest BCUT2D eigenvalue weighted by Gasteiger charge is -2.17. The molecule has 0 saturated heterocycles. The van der Waals surface area contributed by atoms with E-state index in [1.54, 1.807) is 12.1 Å². The molecule has 27 heavy (non-hydrogen) atoms. The van der Waals surface area contributed by atoms with Crippen molar-refractivity contribution in [1.82, 2.24) is 5.32 Å². The van der Waals surface area contributed by atoms with Gasteiger partial charge in [-0.1, -0.05) is 52.3 Å². The summed E-state index contributed by atoms with van der Waals surface area (Å²) in [5.74, 6) is -4.51. The predicted molar refractivity (Wildman–Crippen MR) is 101 cm³/mol. The predicted octanol–water partition coefficient (Wildman–Crippen LogP) is 4.31. The number of hydrogen-bond acceptors (Lipinski definition) is 2. The second kappa shape index (κ2) is 7.84. The van der Waals surface area contributed by atoms with Gasteiger partial charge in [0.2, 0.25) is 0 Å². The fourth-order valence-electron chi connectivity index (χ4n) is 2.87. The van der Waals surface area contributed by atoms with Crippen molar-refractivity contribution in [1.29, 1.82) is 0 Å². The monoisotopic (exact) mass is 433 g/mol. The average molecular weight is 434 g/mol. The Labute approximate surface area is 161 Å². The zero-order valence-corrected chi connectivity index (χ0v) is 15.5. The van der Waals surface area contributed by atoms with Gasteiger partial charge >= 0.3 is 5.97 Å². The third kappa shape index (κ3) is 3.98. The maximum Gasteiger partial charge on any atom is 0.326 e. The molecule has 7 heteroatoms. The number of fused-ring (bicyclic) bond motifs is 1. The molecule has 0 aromatic heterocycles. The van der Waals surface area contributed by atoms with Gasteiger partial charge in [-0.15, -0.1) is 0 Å². The van der Waals surface area contributed by atoms with E-state index in [2.05, 4.69) is 21.2 Å². The van der Waals surface area contributed by atoms with Crippen LogP contribution in [0.4, 0.5) is 8.78 Å². The van der Waals surface area contributed by atoms with E-state index in [9.17, 15) is 23.5 Å². The van der Waals surface area contributed by atoms with Gasteiger partial charge in [0.25, 0.3) is 5.91 Å². The second-order valence-electron chi connectivity index (χ2n) is 5.92. The summed E-state index contributed by atoms with van der Waals surface area (Å²) < 4.78 is 28.4. The van der Waals surface area contributed by atoms with E-state index in [0.29, 0.717) is 5.56 Å². The van der Waals surface area contributed by atoms with Crippen LogP contribution in [0.15, 0.2) is 59.1 Å². The molecular weight excluding hydrogens is 420 g/mol. The van der Waals surface area contributed by atoms with Crippen molar-refractivity contribution in [3.63, 3.8) is 0 Å². The minimum Gasteiger partial charge on any atom is -0.480 e. The van der Waals surface area contributed by atoms with E-state index in [1.165, 1.54) is 0 Å². The van der Waals surface area contributed by atoms with Crippen molar-refractivity contribution in [2.24, 2.45) is 0 Å². The maximum atomic E-state index is 13.8. The van der Waals surface area contributed by atoms with Gasteiger partial charge in [0.15, 0.2) is 0 Å². The first-order chi connectivity index (χ1) is 12.9. The molecule has 1 atom stereocenters. The number of halogens is 3. The number of benzene rings is 3. The number of rotatable bonds is 5. The van der Waals surface area contributed by atoms with Crippen LogP contribution in [0.3, 0.4) is 0 Å². The molecule has 0 radical (unpaired) electrons. The molecule has 0 bridgehead atoms. The van der Waals surface area contributed by atoms with Crippen molar-refractivity contribution in [3.05, 3.63) is 81.8 Å². The normalized spacial score (nSPS) is 12.0. The molecule has 0 spiro atoms. The Morgan fingerprint density at radius 2 is 1.59 bits per heavy atom. The highest BCUT2D eigenvalue weighted by atomic mass is 79.9. The van der Waals surface area contributed by atoms with Crippen molar-refractivity contribution >= 4 is 38.6 Å². The van der Waals surface area contributed by atoms with Crippen LogP contribution in [-0.4, -0.2) is 23.0 Å². The lowest BCUT2D eigenvalue weighted by Crippen LogP contribution is -2.43. The number of aliphatic carboxylic acids is 1. The Hall–Kier alpha value is -2.80. The SMILES string of the molecule is O=C(NC(Cc1ccc(Br)c2ccccc12)C(=O)O)c1c(F)cccc1F. The topological polar surface area (TPSA) is 66.4 Å². The van der Waals surface area contributed by atoms with E-state index in [1.807, 2.05) is 24.3 Å². The summed E-state index contributed by atoms with van der Waals surface area (Å²) >= 11 is 3.44. The molecule has 0 aliphatic carbocycles. The molecule has 0 aliphatic heterocycles. The fourth-order valence-corrected chi connectivity index (χ4v) is 3.35. The third-order valence-electron chi connectivity index (χ3n) is 4.18. The summed E-state index contributed by atoms with van der Waals surface area (Å²) in [5.41, 5.74) is -0.111. The zero-order valence-electron chi connectivity index (χ0n) is 13.9. The first kappa shape index (κ1) is 19.0. The second-order valence-corrected chi connectivity index (χ2v) is 6.77. The highest BCUT2D eigenvalue weighted by Gasteiger charge is 2.25. The first-order valence-electron chi connectivity index (χ1n) is 8.02. The molecule has 3 rings (SSSR count). The maximum absolute atomic E-state index is 13.8. The smallest absolute Gasteiger partial charge is 0.326 e. The lowest BCUT2D eigenvalue weighted by atomic mass is 9.98. The van der Waals surface area contributed by atoms with E-state index < -0.39 is 35.1 Å².